The van der Waals surface area contributed by atoms with E-state index in [9.17, 15) is 0 Å². The standard InChI is InChI=1S/C14H16N2O2/c15-6-5-12-2-1-7-16(12)9-11-3-4-13-14(8-11)18-10-17-13/h1-4,7-8H,5-6,9-10,15H2. The monoisotopic (exact) mass is 244 g/mol. The molecule has 0 fully saturated rings. The van der Waals surface area contributed by atoms with Crippen LogP contribution in [-0.2, 0) is 13.0 Å². The van der Waals surface area contributed by atoms with Gasteiger partial charge in [0, 0.05) is 18.4 Å². The molecule has 4 heteroatoms. The summed E-state index contributed by atoms with van der Waals surface area (Å²) >= 11 is 0. The Morgan fingerprint density at radius 1 is 1.17 bits per heavy atom. The second-order valence-electron chi connectivity index (χ2n) is 4.35. The first kappa shape index (κ1) is 11.2. The molecule has 1 aliphatic rings. The van der Waals surface area contributed by atoms with Gasteiger partial charge in [-0.2, -0.15) is 0 Å². The van der Waals surface area contributed by atoms with Crippen molar-refractivity contribution in [3.05, 3.63) is 47.8 Å². The van der Waals surface area contributed by atoms with Gasteiger partial charge < -0.3 is 19.8 Å². The van der Waals surface area contributed by atoms with Gasteiger partial charge in [0.25, 0.3) is 0 Å². The first-order chi connectivity index (χ1) is 8.86. The van der Waals surface area contributed by atoms with Crippen molar-refractivity contribution in [3.63, 3.8) is 0 Å². The number of nitrogens with zero attached hydrogens (tertiary/aromatic N) is 1. The molecule has 2 heterocycles. The van der Waals surface area contributed by atoms with Crippen LogP contribution >= 0.6 is 0 Å². The minimum absolute atomic E-state index is 0.320. The molecule has 1 aliphatic heterocycles. The highest BCUT2D eigenvalue weighted by Crippen LogP contribution is 2.32. The molecule has 2 N–H and O–H groups in total. The highest BCUT2D eigenvalue weighted by Gasteiger charge is 2.13. The first-order valence-electron chi connectivity index (χ1n) is 6.09. The molecular formula is C14H16N2O2. The van der Waals surface area contributed by atoms with Gasteiger partial charge in [-0.25, -0.2) is 0 Å². The van der Waals surface area contributed by atoms with Crippen LogP contribution in [0.4, 0.5) is 0 Å². The summed E-state index contributed by atoms with van der Waals surface area (Å²) in [4.78, 5) is 0. The van der Waals surface area contributed by atoms with Crippen LogP contribution in [0.15, 0.2) is 36.5 Å². The molecule has 1 aromatic carbocycles. The van der Waals surface area contributed by atoms with Crippen LogP contribution < -0.4 is 15.2 Å². The molecule has 94 valence electrons. The Bertz CT molecular complexity index is 548. The second kappa shape index (κ2) is 4.74. The number of rotatable bonds is 4. The van der Waals surface area contributed by atoms with E-state index in [1.807, 2.05) is 12.1 Å². The molecule has 1 aromatic heterocycles. The van der Waals surface area contributed by atoms with Crippen molar-refractivity contribution in [3.8, 4) is 11.5 Å². The van der Waals surface area contributed by atoms with E-state index in [-0.39, 0.29) is 0 Å². The van der Waals surface area contributed by atoms with Gasteiger partial charge in [-0.1, -0.05) is 6.07 Å². The fourth-order valence-electron chi connectivity index (χ4n) is 2.21. The van der Waals surface area contributed by atoms with Crippen molar-refractivity contribution in [2.75, 3.05) is 13.3 Å². The van der Waals surface area contributed by atoms with Gasteiger partial charge in [-0.3, -0.25) is 0 Å². The summed E-state index contributed by atoms with van der Waals surface area (Å²) in [5.41, 5.74) is 8.07. The zero-order valence-electron chi connectivity index (χ0n) is 10.1. The average molecular weight is 244 g/mol. The summed E-state index contributed by atoms with van der Waals surface area (Å²) in [6.45, 7) is 1.82. The third kappa shape index (κ3) is 2.07. The zero-order chi connectivity index (χ0) is 12.4. The second-order valence-corrected chi connectivity index (χ2v) is 4.35. The lowest BCUT2D eigenvalue weighted by atomic mass is 10.2. The molecule has 0 amide bonds. The van der Waals surface area contributed by atoms with E-state index in [0.29, 0.717) is 13.3 Å². The summed E-state index contributed by atoms with van der Waals surface area (Å²) in [5, 5.41) is 0. The number of aromatic nitrogens is 1. The fourth-order valence-corrected chi connectivity index (χ4v) is 2.21. The van der Waals surface area contributed by atoms with Gasteiger partial charge in [0.1, 0.15) is 0 Å². The maximum absolute atomic E-state index is 5.61. The summed E-state index contributed by atoms with van der Waals surface area (Å²) in [6.07, 6.45) is 2.98. The number of nitrogens with two attached hydrogens (primary N) is 1. The van der Waals surface area contributed by atoms with Crippen LogP contribution in [0.1, 0.15) is 11.3 Å². The first-order valence-corrected chi connectivity index (χ1v) is 6.09. The van der Waals surface area contributed by atoms with Gasteiger partial charge in [-0.05, 0) is 42.8 Å². The molecule has 0 aliphatic carbocycles. The maximum Gasteiger partial charge on any atom is 0.231 e. The molecule has 0 saturated heterocycles. The predicted octanol–water partition coefficient (Wildman–Crippen LogP) is 1.77. The van der Waals surface area contributed by atoms with Crippen LogP contribution in [-0.4, -0.2) is 17.9 Å². The molecule has 2 aromatic rings. The van der Waals surface area contributed by atoms with E-state index in [4.69, 9.17) is 15.2 Å². The Morgan fingerprint density at radius 2 is 2.06 bits per heavy atom. The van der Waals surface area contributed by atoms with Crippen LogP contribution in [0.25, 0.3) is 0 Å². The van der Waals surface area contributed by atoms with Crippen molar-refractivity contribution in [2.24, 2.45) is 5.73 Å². The van der Waals surface area contributed by atoms with Crippen molar-refractivity contribution in [1.82, 2.24) is 4.57 Å². The minimum atomic E-state index is 0.320. The van der Waals surface area contributed by atoms with E-state index in [2.05, 4.69) is 29.0 Å². The van der Waals surface area contributed by atoms with E-state index in [1.165, 1.54) is 11.3 Å². The lowest BCUT2D eigenvalue weighted by Crippen LogP contribution is -2.09. The van der Waals surface area contributed by atoms with E-state index >= 15 is 0 Å². The number of hydrogen-bond donors (Lipinski definition) is 1. The van der Waals surface area contributed by atoms with Gasteiger partial charge in [0.05, 0.1) is 0 Å². The van der Waals surface area contributed by atoms with Gasteiger partial charge >= 0.3 is 0 Å². The number of fused-ring (bicyclic) bond motifs is 1. The molecule has 4 nitrogen and oxygen atoms in total. The highest BCUT2D eigenvalue weighted by atomic mass is 16.7. The Hall–Kier alpha value is -1.94. The van der Waals surface area contributed by atoms with E-state index in [1.54, 1.807) is 0 Å². The summed E-state index contributed by atoms with van der Waals surface area (Å²) < 4.78 is 12.9. The SMILES string of the molecule is NCCc1cccn1Cc1ccc2c(c1)OCO2. The maximum atomic E-state index is 5.61. The summed E-state index contributed by atoms with van der Waals surface area (Å²) in [5.74, 6) is 1.66. The molecule has 0 spiro atoms. The van der Waals surface area contributed by atoms with Crippen LogP contribution in [0, 0.1) is 0 Å². The Kier molecular flexibility index (Phi) is 2.94. The molecule has 0 atom stereocenters. The molecule has 0 saturated carbocycles. The van der Waals surface area contributed by atoms with Crippen molar-refractivity contribution in [1.29, 1.82) is 0 Å². The van der Waals surface area contributed by atoms with E-state index < -0.39 is 0 Å². The fraction of sp³-hybridized carbons (Fsp3) is 0.286. The van der Waals surface area contributed by atoms with Crippen LogP contribution in [0.3, 0.4) is 0 Å². The molecule has 0 bridgehead atoms. The quantitative estimate of drug-likeness (QED) is 0.891. The summed E-state index contributed by atoms with van der Waals surface area (Å²) in [6, 6.07) is 10.2. The minimum Gasteiger partial charge on any atom is -0.454 e. The number of hydrogen-bond acceptors (Lipinski definition) is 3. The number of benzene rings is 1. The normalized spacial score (nSPS) is 12.9. The lowest BCUT2D eigenvalue weighted by molar-refractivity contribution is 0.174. The third-order valence-corrected chi connectivity index (χ3v) is 3.11. The summed E-state index contributed by atoms with van der Waals surface area (Å²) in [7, 11) is 0. The topological polar surface area (TPSA) is 49.4 Å². The lowest BCUT2D eigenvalue weighted by Gasteiger charge is -2.09. The molecule has 0 radical (unpaired) electrons. The van der Waals surface area contributed by atoms with Crippen LogP contribution in [0.5, 0.6) is 11.5 Å². The Balaban J connectivity index is 1.81. The van der Waals surface area contributed by atoms with Crippen molar-refractivity contribution in [2.45, 2.75) is 13.0 Å². The Morgan fingerprint density at radius 3 is 2.94 bits per heavy atom. The average Bonchev–Trinajstić information content (AvgIpc) is 2.99. The predicted molar refractivity (Wildman–Crippen MR) is 68.9 cm³/mol. The molecular weight excluding hydrogens is 228 g/mol. The Labute approximate surface area is 106 Å². The van der Waals surface area contributed by atoms with Crippen molar-refractivity contribution >= 4 is 0 Å². The zero-order valence-corrected chi connectivity index (χ0v) is 10.1. The smallest absolute Gasteiger partial charge is 0.231 e. The molecule has 18 heavy (non-hydrogen) atoms. The highest BCUT2D eigenvalue weighted by molar-refractivity contribution is 5.44. The van der Waals surface area contributed by atoms with Gasteiger partial charge in [0.15, 0.2) is 11.5 Å². The van der Waals surface area contributed by atoms with Crippen molar-refractivity contribution < 1.29 is 9.47 Å². The largest absolute Gasteiger partial charge is 0.454 e. The van der Waals surface area contributed by atoms with Gasteiger partial charge in [0.2, 0.25) is 6.79 Å². The van der Waals surface area contributed by atoms with Crippen LogP contribution in [0.2, 0.25) is 0 Å². The third-order valence-electron chi connectivity index (χ3n) is 3.11. The molecule has 3 rings (SSSR count). The molecule has 0 unspecified atom stereocenters. The number of ether oxygens (including phenoxy) is 2. The van der Waals surface area contributed by atoms with E-state index in [0.717, 1.165) is 24.5 Å². The van der Waals surface area contributed by atoms with Gasteiger partial charge in [-0.15, -0.1) is 0 Å².